The van der Waals surface area contributed by atoms with Crippen molar-refractivity contribution in [2.45, 2.75) is 45.2 Å². The van der Waals surface area contributed by atoms with Gasteiger partial charge in [0.15, 0.2) is 0 Å². The summed E-state index contributed by atoms with van der Waals surface area (Å²) in [5.74, 6) is 2.85. The molecule has 0 amide bonds. The molecule has 4 rings (SSSR count). The maximum absolute atomic E-state index is 5.57. The summed E-state index contributed by atoms with van der Waals surface area (Å²) in [6.07, 6.45) is 4.12. The van der Waals surface area contributed by atoms with Gasteiger partial charge in [-0.05, 0) is 37.6 Å². The second-order valence-corrected chi connectivity index (χ2v) is 7.77. The second kappa shape index (κ2) is 8.29. The van der Waals surface area contributed by atoms with Gasteiger partial charge in [-0.2, -0.15) is 5.10 Å². The highest BCUT2D eigenvalue weighted by Crippen LogP contribution is 2.37. The molecule has 29 heavy (non-hydrogen) atoms. The number of aromatic nitrogens is 3. The van der Waals surface area contributed by atoms with Crippen molar-refractivity contribution in [2.24, 2.45) is 0 Å². The SMILES string of the molecule is COc1ccc(OC)c(-c2[nH]ncc2CN2CCCC2c2cc(C(C)C)on2)c1. The molecule has 1 unspecified atom stereocenters. The van der Waals surface area contributed by atoms with Crippen molar-refractivity contribution in [3.63, 3.8) is 0 Å². The molecule has 0 spiro atoms. The molecular formula is C22H28N4O3. The Hall–Kier alpha value is -2.80. The molecule has 1 aliphatic heterocycles. The van der Waals surface area contributed by atoms with E-state index in [4.69, 9.17) is 14.0 Å². The van der Waals surface area contributed by atoms with Gasteiger partial charge in [-0.3, -0.25) is 10.00 Å². The zero-order valence-corrected chi connectivity index (χ0v) is 17.4. The summed E-state index contributed by atoms with van der Waals surface area (Å²) in [5.41, 5.74) is 4.04. The summed E-state index contributed by atoms with van der Waals surface area (Å²) in [4.78, 5) is 2.45. The fourth-order valence-corrected chi connectivity index (χ4v) is 3.98. The highest BCUT2D eigenvalue weighted by molar-refractivity contribution is 5.71. The quantitative estimate of drug-likeness (QED) is 0.632. The minimum atomic E-state index is 0.265. The van der Waals surface area contributed by atoms with Gasteiger partial charge in [-0.1, -0.05) is 19.0 Å². The van der Waals surface area contributed by atoms with Crippen LogP contribution in [0.2, 0.25) is 0 Å². The van der Waals surface area contributed by atoms with Crippen LogP contribution in [0.4, 0.5) is 0 Å². The van der Waals surface area contributed by atoms with E-state index in [2.05, 4.69) is 40.2 Å². The molecule has 1 fully saturated rings. The number of nitrogens with zero attached hydrogens (tertiary/aromatic N) is 3. The van der Waals surface area contributed by atoms with Crippen molar-refractivity contribution in [1.82, 2.24) is 20.3 Å². The Morgan fingerprint density at radius 3 is 2.83 bits per heavy atom. The largest absolute Gasteiger partial charge is 0.497 e. The van der Waals surface area contributed by atoms with E-state index < -0.39 is 0 Å². The van der Waals surface area contributed by atoms with Crippen LogP contribution in [0.25, 0.3) is 11.3 Å². The number of nitrogens with one attached hydrogen (secondary N) is 1. The van der Waals surface area contributed by atoms with Gasteiger partial charge in [0.05, 0.1) is 32.2 Å². The first kappa shape index (κ1) is 19.5. The molecule has 1 saturated heterocycles. The maximum atomic E-state index is 5.57. The first-order valence-electron chi connectivity index (χ1n) is 10.1. The molecule has 1 aromatic carbocycles. The van der Waals surface area contributed by atoms with Crippen LogP contribution in [0.5, 0.6) is 11.5 Å². The number of aromatic amines is 1. The molecular weight excluding hydrogens is 368 g/mol. The monoisotopic (exact) mass is 396 g/mol. The van der Waals surface area contributed by atoms with E-state index >= 15 is 0 Å². The van der Waals surface area contributed by atoms with Crippen LogP contribution in [-0.4, -0.2) is 41.0 Å². The van der Waals surface area contributed by atoms with Crippen molar-refractivity contribution in [2.75, 3.05) is 20.8 Å². The molecule has 7 heteroatoms. The number of rotatable bonds is 7. The van der Waals surface area contributed by atoms with E-state index in [9.17, 15) is 0 Å². The molecule has 7 nitrogen and oxygen atoms in total. The summed E-state index contributed by atoms with van der Waals surface area (Å²) in [7, 11) is 3.34. The van der Waals surface area contributed by atoms with Gasteiger partial charge in [0, 0.05) is 29.7 Å². The van der Waals surface area contributed by atoms with Crippen molar-refractivity contribution in [3.8, 4) is 22.8 Å². The van der Waals surface area contributed by atoms with E-state index in [1.54, 1.807) is 14.2 Å². The number of benzene rings is 1. The molecule has 3 heterocycles. The molecule has 2 aromatic heterocycles. The molecule has 1 N–H and O–H groups in total. The zero-order valence-electron chi connectivity index (χ0n) is 17.4. The van der Waals surface area contributed by atoms with E-state index in [-0.39, 0.29) is 6.04 Å². The fraction of sp³-hybridized carbons (Fsp3) is 0.455. The smallest absolute Gasteiger partial charge is 0.139 e. The van der Waals surface area contributed by atoms with Crippen LogP contribution in [0.15, 0.2) is 35.0 Å². The summed E-state index contributed by atoms with van der Waals surface area (Å²) >= 11 is 0. The summed E-state index contributed by atoms with van der Waals surface area (Å²) in [6.45, 7) is 6.04. The Labute approximate surface area is 171 Å². The van der Waals surface area contributed by atoms with E-state index in [0.29, 0.717) is 5.92 Å². The zero-order chi connectivity index (χ0) is 20.4. The number of methoxy groups -OCH3 is 2. The van der Waals surface area contributed by atoms with Crippen LogP contribution < -0.4 is 9.47 Å². The predicted molar refractivity (Wildman–Crippen MR) is 110 cm³/mol. The van der Waals surface area contributed by atoms with E-state index in [0.717, 1.165) is 65.7 Å². The predicted octanol–water partition coefficient (Wildman–Crippen LogP) is 4.54. The summed E-state index contributed by atoms with van der Waals surface area (Å²) in [6, 6.07) is 8.16. The van der Waals surface area contributed by atoms with Crippen LogP contribution in [-0.2, 0) is 6.54 Å². The average Bonchev–Trinajstić information content (AvgIpc) is 3.48. The minimum Gasteiger partial charge on any atom is -0.497 e. The van der Waals surface area contributed by atoms with Gasteiger partial charge < -0.3 is 14.0 Å². The Morgan fingerprint density at radius 2 is 2.10 bits per heavy atom. The lowest BCUT2D eigenvalue weighted by Gasteiger charge is -2.22. The van der Waals surface area contributed by atoms with Gasteiger partial charge >= 0.3 is 0 Å². The fourth-order valence-electron chi connectivity index (χ4n) is 3.98. The molecule has 0 aliphatic carbocycles. The highest BCUT2D eigenvalue weighted by atomic mass is 16.5. The van der Waals surface area contributed by atoms with Crippen molar-refractivity contribution in [3.05, 3.63) is 47.5 Å². The molecule has 154 valence electrons. The molecule has 0 radical (unpaired) electrons. The average molecular weight is 396 g/mol. The normalized spacial score (nSPS) is 17.2. The molecule has 0 bridgehead atoms. The molecule has 0 saturated carbocycles. The Balaban J connectivity index is 1.60. The Bertz CT molecular complexity index is 963. The number of ether oxygens (including phenoxy) is 2. The number of hydrogen-bond acceptors (Lipinski definition) is 6. The standard InChI is InChI=1S/C22H28N4O3/c1-14(2)21-11-18(25-29-21)19-6-5-9-26(19)13-15-12-23-24-22(15)17-10-16(27-3)7-8-20(17)28-4/h7-8,10-12,14,19H,5-6,9,13H2,1-4H3,(H,23,24). The van der Waals surface area contributed by atoms with Crippen molar-refractivity contribution < 1.29 is 14.0 Å². The van der Waals surface area contributed by atoms with Crippen LogP contribution in [0, 0.1) is 0 Å². The van der Waals surface area contributed by atoms with Crippen LogP contribution in [0.1, 0.15) is 55.7 Å². The number of H-pyrrole nitrogens is 1. The highest BCUT2D eigenvalue weighted by Gasteiger charge is 2.30. The molecule has 3 aromatic rings. The second-order valence-electron chi connectivity index (χ2n) is 7.77. The first-order chi connectivity index (χ1) is 14.1. The third-order valence-corrected chi connectivity index (χ3v) is 5.59. The third-order valence-electron chi connectivity index (χ3n) is 5.59. The van der Waals surface area contributed by atoms with Crippen molar-refractivity contribution >= 4 is 0 Å². The van der Waals surface area contributed by atoms with Gasteiger partial charge in [0.1, 0.15) is 23.0 Å². The Kier molecular flexibility index (Phi) is 5.58. The van der Waals surface area contributed by atoms with Crippen LogP contribution in [0.3, 0.4) is 0 Å². The maximum Gasteiger partial charge on any atom is 0.139 e. The topological polar surface area (TPSA) is 76.4 Å². The van der Waals surface area contributed by atoms with Crippen LogP contribution >= 0.6 is 0 Å². The molecule has 1 aliphatic rings. The third kappa shape index (κ3) is 3.87. The van der Waals surface area contributed by atoms with E-state index in [1.807, 2.05) is 24.4 Å². The van der Waals surface area contributed by atoms with Gasteiger partial charge in [-0.25, -0.2) is 0 Å². The minimum absolute atomic E-state index is 0.265. The van der Waals surface area contributed by atoms with E-state index in [1.165, 1.54) is 0 Å². The summed E-state index contributed by atoms with van der Waals surface area (Å²) in [5, 5.41) is 11.8. The van der Waals surface area contributed by atoms with Crippen molar-refractivity contribution in [1.29, 1.82) is 0 Å². The lowest BCUT2D eigenvalue weighted by molar-refractivity contribution is 0.236. The number of likely N-dealkylation sites (tertiary alicyclic amines) is 1. The Morgan fingerprint density at radius 1 is 1.24 bits per heavy atom. The number of hydrogen-bond donors (Lipinski definition) is 1. The van der Waals surface area contributed by atoms with Gasteiger partial charge in [-0.15, -0.1) is 0 Å². The molecule has 1 atom stereocenters. The lowest BCUT2D eigenvalue weighted by Crippen LogP contribution is -2.23. The summed E-state index contributed by atoms with van der Waals surface area (Å²) < 4.78 is 16.5. The van der Waals surface area contributed by atoms with Gasteiger partial charge in [0.2, 0.25) is 0 Å². The lowest BCUT2D eigenvalue weighted by atomic mass is 10.0. The first-order valence-corrected chi connectivity index (χ1v) is 10.1. The van der Waals surface area contributed by atoms with Gasteiger partial charge in [0.25, 0.3) is 0 Å².